The Morgan fingerprint density at radius 2 is 1.51 bits per heavy atom. The lowest BCUT2D eigenvalue weighted by molar-refractivity contribution is -0.302. The van der Waals surface area contributed by atoms with Crippen LogP contribution in [-0.2, 0) is 47.3 Å². The molecule has 1 saturated carbocycles. The Morgan fingerprint density at radius 1 is 0.890 bits per heavy atom. The van der Waals surface area contributed by atoms with E-state index in [4.69, 9.17) is 28.1 Å². The van der Waals surface area contributed by atoms with E-state index in [0.29, 0.717) is 44.9 Å². The Balaban J connectivity index is 1.47. The summed E-state index contributed by atoms with van der Waals surface area (Å²) in [6.07, 6.45) is 11.4. The van der Waals surface area contributed by atoms with E-state index in [1.54, 1.807) is 40.4 Å². The van der Waals surface area contributed by atoms with Gasteiger partial charge >= 0.3 is 5.97 Å². The number of aliphatic hydroxyl groups is 1. The number of fused-ring (bicyclic) bond motifs is 3. The molecule has 2 bridgehead atoms. The van der Waals surface area contributed by atoms with Gasteiger partial charge in [-0.1, -0.05) is 132 Å². The van der Waals surface area contributed by atoms with Gasteiger partial charge in [-0.2, -0.15) is 0 Å². The van der Waals surface area contributed by atoms with Crippen LogP contribution >= 0.6 is 0 Å². The van der Waals surface area contributed by atoms with E-state index in [0.717, 1.165) is 27.9 Å². The molecule has 1 N–H and O–H groups in total. The van der Waals surface area contributed by atoms with Gasteiger partial charge in [-0.3, -0.25) is 14.4 Å². The van der Waals surface area contributed by atoms with E-state index >= 15 is 4.79 Å². The van der Waals surface area contributed by atoms with Crippen LogP contribution in [0.4, 0.5) is 0 Å². The standard InChI is InChI=1S/C60H85NO11Si/c1-13-22-44-34-39(2)33-40(3)35-50(67-10)54-51(68-11)36-43(6)60(66,71-54)55(63)56(64)61-32-21-20-27-48(61)57(65)70-53(41(4)28-29-49(44)62)42(5)37-59(31-30-47(58(7,8)9)52(38-59)69-12)72-73(45-23-16-14-17-24-45)46-25-18-15-19-26-46/h13-19,23-26,28-29,34,37,40-41,43-44,47-48,50-54,66,73H,1,20-22,27,30-33,35-36,38H2,2-12H3. The van der Waals surface area contributed by atoms with E-state index in [1.807, 2.05) is 69.3 Å². The van der Waals surface area contributed by atoms with Crippen LogP contribution in [0.15, 0.2) is 109 Å². The summed E-state index contributed by atoms with van der Waals surface area (Å²) in [6, 6.07) is 19.6. The summed E-state index contributed by atoms with van der Waals surface area (Å²) in [4.78, 5) is 59.8. The molecule has 13 atom stereocenters. The number of ether oxygens (including phenoxy) is 5. The number of amides is 1. The van der Waals surface area contributed by atoms with Crippen LogP contribution < -0.4 is 10.4 Å². The number of nitrogens with zero attached hydrogens (tertiary/aromatic N) is 1. The minimum absolute atomic E-state index is 0.0253. The van der Waals surface area contributed by atoms with Crippen LogP contribution in [0.3, 0.4) is 0 Å². The minimum Gasteiger partial charge on any atom is -0.456 e. The Labute approximate surface area is 437 Å². The number of esters is 1. The predicted molar refractivity (Wildman–Crippen MR) is 288 cm³/mol. The highest BCUT2D eigenvalue weighted by atomic mass is 28.3. The molecule has 0 aromatic heterocycles. The van der Waals surface area contributed by atoms with Gasteiger partial charge in [-0.25, -0.2) is 4.79 Å². The van der Waals surface area contributed by atoms with Crippen molar-refractivity contribution in [1.82, 2.24) is 4.90 Å². The topological polar surface area (TPSA) is 147 Å². The number of Topliss-reactive ketones (excluding diaryl/α,β-unsaturated/α-hetero) is 1. The van der Waals surface area contributed by atoms with Gasteiger partial charge in [0.2, 0.25) is 14.8 Å². The van der Waals surface area contributed by atoms with Crippen LogP contribution in [0.25, 0.3) is 0 Å². The van der Waals surface area contributed by atoms with Crippen molar-refractivity contribution in [3.8, 4) is 0 Å². The third-order valence-electron chi connectivity index (χ3n) is 16.1. The van der Waals surface area contributed by atoms with E-state index in [1.165, 1.54) is 4.90 Å². The third kappa shape index (κ3) is 13.9. The molecule has 2 aromatic rings. The van der Waals surface area contributed by atoms with Gasteiger partial charge in [0.05, 0.1) is 23.9 Å². The van der Waals surface area contributed by atoms with Gasteiger partial charge in [-0.15, -0.1) is 6.58 Å². The second-order valence-electron chi connectivity index (χ2n) is 22.7. The number of ketones is 2. The van der Waals surface area contributed by atoms with E-state index in [9.17, 15) is 19.5 Å². The molecule has 2 aromatic carbocycles. The van der Waals surface area contributed by atoms with E-state index < -0.39 is 86.3 Å². The van der Waals surface area contributed by atoms with Crippen molar-refractivity contribution >= 4 is 42.9 Å². The molecule has 400 valence electrons. The van der Waals surface area contributed by atoms with Gasteiger partial charge in [0.25, 0.3) is 11.7 Å². The molecule has 3 fully saturated rings. The number of cyclic esters (lactones) is 1. The molecule has 6 rings (SSSR count). The molecule has 0 radical (unpaired) electrons. The van der Waals surface area contributed by atoms with Crippen molar-refractivity contribution in [2.45, 2.75) is 168 Å². The molecule has 0 spiro atoms. The molecule has 1 aliphatic carbocycles. The Hall–Kier alpha value is -4.34. The van der Waals surface area contributed by atoms with Gasteiger partial charge in [-0.05, 0) is 111 Å². The zero-order valence-electron chi connectivity index (χ0n) is 45.6. The Morgan fingerprint density at radius 3 is 2.10 bits per heavy atom. The molecule has 3 heterocycles. The molecule has 73 heavy (non-hydrogen) atoms. The summed E-state index contributed by atoms with van der Waals surface area (Å²) in [5, 5.41) is 14.6. The number of benzene rings is 2. The zero-order chi connectivity index (χ0) is 53.3. The summed E-state index contributed by atoms with van der Waals surface area (Å²) < 4.78 is 39.0. The number of rotatable bonds is 11. The quantitative estimate of drug-likeness (QED) is 0.100. The van der Waals surface area contributed by atoms with Gasteiger partial charge in [0.15, 0.2) is 5.78 Å². The van der Waals surface area contributed by atoms with E-state index in [2.05, 4.69) is 64.6 Å². The fourth-order valence-corrected chi connectivity index (χ4v) is 14.7. The SMILES string of the molecule is C=CCC1C=C(C)CC(C)CC(OC)C2OC(O)(C(=O)C(=O)N3CCCCC3C(=O)OC(C(C)=CC3(O[SiH](c4ccccc4)c4ccccc4)CCC(C(C)(C)C)C(OC)C3)C(C)C=CC1=O)C(C)CC2OC. The Bertz CT molecular complexity index is 2250. The highest BCUT2D eigenvalue weighted by Gasteiger charge is 2.57. The Kier molecular flexibility index (Phi) is 20.2. The molecular formula is C60H85NO11Si. The normalized spacial score (nSPS) is 33.9. The summed E-state index contributed by atoms with van der Waals surface area (Å²) in [6.45, 7) is 20.5. The minimum atomic E-state index is -2.52. The summed E-state index contributed by atoms with van der Waals surface area (Å²) in [5.41, 5.74) is 0.823. The highest BCUT2D eigenvalue weighted by molar-refractivity contribution is 6.80. The molecular weight excluding hydrogens is 939 g/mol. The molecule has 3 aliphatic heterocycles. The summed E-state index contributed by atoms with van der Waals surface area (Å²) >= 11 is 0. The van der Waals surface area contributed by atoms with Crippen molar-refractivity contribution in [2.75, 3.05) is 27.9 Å². The lowest BCUT2D eigenvalue weighted by atomic mass is 9.66. The lowest BCUT2D eigenvalue weighted by Crippen LogP contribution is -2.64. The first-order valence-electron chi connectivity index (χ1n) is 26.7. The number of allylic oxidation sites excluding steroid dienone is 4. The molecule has 12 nitrogen and oxygen atoms in total. The number of carbonyl (C=O) groups excluding carboxylic acids is 4. The van der Waals surface area contributed by atoms with E-state index in [-0.39, 0.29) is 48.5 Å². The van der Waals surface area contributed by atoms with Crippen LogP contribution in [0, 0.1) is 35.0 Å². The zero-order valence-corrected chi connectivity index (χ0v) is 46.7. The summed E-state index contributed by atoms with van der Waals surface area (Å²) in [7, 11) is 2.48. The first-order valence-corrected chi connectivity index (χ1v) is 28.3. The number of methoxy groups -OCH3 is 3. The fourth-order valence-electron chi connectivity index (χ4n) is 12.1. The van der Waals surface area contributed by atoms with Crippen molar-refractivity contribution < 1.29 is 52.4 Å². The third-order valence-corrected chi connectivity index (χ3v) is 18.8. The van der Waals surface area contributed by atoms with Crippen molar-refractivity contribution in [3.63, 3.8) is 0 Å². The van der Waals surface area contributed by atoms with Crippen molar-refractivity contribution in [2.24, 2.45) is 35.0 Å². The maximum absolute atomic E-state index is 15.0. The average Bonchev–Trinajstić information content (AvgIpc) is 3.37. The molecule has 1 amide bonds. The summed E-state index contributed by atoms with van der Waals surface area (Å²) in [5.74, 6) is -7.04. The largest absolute Gasteiger partial charge is 0.456 e. The first-order chi connectivity index (χ1) is 34.7. The van der Waals surface area contributed by atoms with Crippen LogP contribution in [0.5, 0.6) is 0 Å². The van der Waals surface area contributed by atoms with Gasteiger partial charge in [0.1, 0.15) is 18.2 Å². The van der Waals surface area contributed by atoms with Crippen LogP contribution in [0.1, 0.15) is 120 Å². The number of hydrogen-bond acceptors (Lipinski definition) is 11. The molecule has 2 saturated heterocycles. The second kappa shape index (κ2) is 25.5. The maximum atomic E-state index is 15.0. The fraction of sp³-hybridized carbons (Fsp3) is 0.600. The molecule has 4 aliphatic rings. The van der Waals surface area contributed by atoms with Crippen LogP contribution in [0.2, 0.25) is 0 Å². The first kappa shape index (κ1) is 57.9. The lowest BCUT2D eigenvalue weighted by Gasteiger charge is -2.48. The van der Waals surface area contributed by atoms with Gasteiger partial charge in [0, 0.05) is 52.0 Å². The monoisotopic (exact) mass is 1020 g/mol. The highest BCUT2D eigenvalue weighted by Crippen LogP contribution is 2.46. The number of hydrogen-bond donors (Lipinski definition) is 1. The number of piperidine rings is 1. The predicted octanol–water partition coefficient (Wildman–Crippen LogP) is 8.42. The van der Waals surface area contributed by atoms with Crippen molar-refractivity contribution in [3.05, 3.63) is 109 Å². The maximum Gasteiger partial charge on any atom is 0.329 e. The number of carbonyl (C=O) groups is 4. The van der Waals surface area contributed by atoms with Crippen molar-refractivity contribution in [1.29, 1.82) is 0 Å². The molecule has 13 unspecified atom stereocenters. The van der Waals surface area contributed by atoms with Gasteiger partial charge < -0.3 is 38.1 Å². The van der Waals surface area contributed by atoms with Crippen LogP contribution in [-0.4, -0.2) is 118 Å². The molecule has 13 heteroatoms. The smallest absolute Gasteiger partial charge is 0.329 e. The second-order valence-corrected chi connectivity index (χ2v) is 25.1. The average molecular weight is 1020 g/mol.